The van der Waals surface area contributed by atoms with Crippen molar-refractivity contribution in [2.24, 2.45) is 0 Å². The van der Waals surface area contributed by atoms with Crippen LogP contribution in [-0.2, 0) is 16.0 Å². The van der Waals surface area contributed by atoms with Gasteiger partial charge in [0.05, 0.1) is 25.3 Å². The van der Waals surface area contributed by atoms with Gasteiger partial charge in [-0.1, -0.05) is 47.1 Å². The van der Waals surface area contributed by atoms with E-state index in [0.717, 1.165) is 13.1 Å². The summed E-state index contributed by atoms with van der Waals surface area (Å²) in [6.07, 6.45) is 0.924. The van der Waals surface area contributed by atoms with Gasteiger partial charge in [0.15, 0.2) is 5.15 Å². The van der Waals surface area contributed by atoms with Crippen molar-refractivity contribution in [2.75, 3.05) is 32.8 Å². The minimum absolute atomic E-state index is 0.138. The molecule has 0 spiro atoms. The second-order valence-electron chi connectivity index (χ2n) is 6.81. The molecule has 3 heterocycles. The van der Waals surface area contributed by atoms with E-state index in [2.05, 4.69) is 34.3 Å². The van der Waals surface area contributed by atoms with Gasteiger partial charge in [0, 0.05) is 38.5 Å². The van der Waals surface area contributed by atoms with E-state index in [4.69, 9.17) is 20.9 Å². The number of aromatic nitrogens is 1. The van der Waals surface area contributed by atoms with E-state index in [1.54, 1.807) is 6.07 Å². The molecule has 0 saturated carbocycles. The monoisotopic (exact) mass is 375 g/mol. The minimum Gasteiger partial charge on any atom is -0.378 e. The minimum atomic E-state index is 0.138. The molecule has 2 aliphatic rings. The first kappa shape index (κ1) is 17.5. The van der Waals surface area contributed by atoms with Gasteiger partial charge in [0.2, 0.25) is 5.91 Å². The third-order valence-corrected chi connectivity index (χ3v) is 5.35. The summed E-state index contributed by atoms with van der Waals surface area (Å²) in [5.41, 5.74) is 1.28. The molecule has 1 aromatic heterocycles. The highest BCUT2D eigenvalue weighted by Gasteiger charge is 2.37. The summed E-state index contributed by atoms with van der Waals surface area (Å²) in [4.78, 5) is 17.0. The van der Waals surface area contributed by atoms with Crippen LogP contribution >= 0.6 is 11.6 Å². The summed E-state index contributed by atoms with van der Waals surface area (Å²) in [6, 6.07) is 12.6. The first-order chi connectivity index (χ1) is 12.7. The van der Waals surface area contributed by atoms with E-state index < -0.39 is 0 Å². The van der Waals surface area contributed by atoms with Crippen molar-refractivity contribution < 1.29 is 14.1 Å². The lowest BCUT2D eigenvalue weighted by molar-refractivity contribution is -0.140. The zero-order chi connectivity index (χ0) is 17.9. The molecule has 138 valence electrons. The van der Waals surface area contributed by atoms with E-state index in [0.29, 0.717) is 43.5 Å². The van der Waals surface area contributed by atoms with Crippen LogP contribution in [0.5, 0.6) is 0 Å². The summed E-state index contributed by atoms with van der Waals surface area (Å²) >= 11 is 5.75. The van der Waals surface area contributed by atoms with Crippen LogP contribution in [0.25, 0.3) is 0 Å². The van der Waals surface area contributed by atoms with Crippen LogP contribution in [0, 0.1) is 0 Å². The maximum Gasteiger partial charge on any atom is 0.223 e. The van der Waals surface area contributed by atoms with Gasteiger partial charge in [-0.25, -0.2) is 0 Å². The van der Waals surface area contributed by atoms with Crippen LogP contribution in [-0.4, -0.2) is 59.8 Å². The zero-order valence-corrected chi connectivity index (χ0v) is 15.3. The number of halogens is 1. The van der Waals surface area contributed by atoms with Gasteiger partial charge >= 0.3 is 0 Å². The first-order valence-electron chi connectivity index (χ1n) is 8.98. The number of rotatable bonds is 4. The van der Waals surface area contributed by atoms with Crippen LogP contribution < -0.4 is 0 Å². The van der Waals surface area contributed by atoms with Crippen molar-refractivity contribution in [1.29, 1.82) is 0 Å². The Morgan fingerprint density at radius 3 is 2.85 bits per heavy atom. The van der Waals surface area contributed by atoms with E-state index in [1.165, 1.54) is 5.56 Å². The Bertz CT molecular complexity index is 751. The summed E-state index contributed by atoms with van der Waals surface area (Å²) in [7, 11) is 0. The van der Waals surface area contributed by atoms with Crippen molar-refractivity contribution in [3.05, 3.63) is 52.9 Å². The van der Waals surface area contributed by atoms with Gasteiger partial charge in [-0.2, -0.15) is 0 Å². The molecule has 2 atom stereocenters. The quantitative estimate of drug-likeness (QED) is 0.822. The summed E-state index contributed by atoms with van der Waals surface area (Å²) in [5, 5.41) is 3.97. The fourth-order valence-electron chi connectivity index (χ4n) is 3.82. The van der Waals surface area contributed by atoms with E-state index in [1.807, 2.05) is 11.0 Å². The van der Waals surface area contributed by atoms with Crippen molar-refractivity contribution in [3.8, 4) is 0 Å². The Hall–Kier alpha value is -1.89. The summed E-state index contributed by atoms with van der Waals surface area (Å²) in [5.74, 6) is 0.783. The summed E-state index contributed by atoms with van der Waals surface area (Å²) < 4.78 is 10.9. The van der Waals surface area contributed by atoms with Gasteiger partial charge in [-0.05, 0) is 5.56 Å². The number of hydrogen-bond donors (Lipinski definition) is 0. The Morgan fingerprint density at radius 1 is 1.23 bits per heavy atom. The fraction of sp³-hybridized carbons (Fsp3) is 0.474. The number of benzene rings is 1. The molecular weight excluding hydrogens is 354 g/mol. The number of amides is 1. The molecule has 7 heteroatoms. The second kappa shape index (κ2) is 7.78. The third-order valence-electron chi connectivity index (χ3n) is 5.17. The lowest BCUT2D eigenvalue weighted by Gasteiger charge is -2.48. The fourth-order valence-corrected chi connectivity index (χ4v) is 3.98. The highest BCUT2D eigenvalue weighted by atomic mass is 35.5. The van der Waals surface area contributed by atoms with Crippen LogP contribution in [0.15, 0.2) is 40.9 Å². The molecule has 0 aliphatic carbocycles. The molecule has 0 radical (unpaired) electrons. The average Bonchev–Trinajstić information content (AvgIpc) is 3.11. The van der Waals surface area contributed by atoms with Gasteiger partial charge in [0.1, 0.15) is 5.76 Å². The van der Waals surface area contributed by atoms with Gasteiger partial charge < -0.3 is 14.2 Å². The zero-order valence-electron chi connectivity index (χ0n) is 14.5. The van der Waals surface area contributed by atoms with Crippen molar-refractivity contribution in [3.63, 3.8) is 0 Å². The molecule has 4 rings (SSSR count). The molecule has 26 heavy (non-hydrogen) atoms. The molecule has 0 N–H and O–H groups in total. The Morgan fingerprint density at radius 2 is 2.08 bits per heavy atom. The van der Waals surface area contributed by atoms with E-state index in [9.17, 15) is 4.79 Å². The van der Waals surface area contributed by atoms with Gasteiger partial charge in [-0.3, -0.25) is 9.69 Å². The molecule has 2 aromatic rings. The second-order valence-corrected chi connectivity index (χ2v) is 7.20. The normalized spacial score (nSPS) is 23.7. The number of piperazine rings is 1. The van der Waals surface area contributed by atoms with Crippen LogP contribution in [0.4, 0.5) is 0 Å². The van der Waals surface area contributed by atoms with Crippen LogP contribution in [0.2, 0.25) is 5.15 Å². The lowest BCUT2D eigenvalue weighted by atomic mass is 10.00. The Balaban J connectivity index is 1.36. The number of hydrogen-bond acceptors (Lipinski definition) is 5. The van der Waals surface area contributed by atoms with Crippen LogP contribution in [0.1, 0.15) is 23.8 Å². The number of fused-ring (bicyclic) bond motifs is 1. The van der Waals surface area contributed by atoms with Crippen molar-refractivity contribution in [1.82, 2.24) is 15.0 Å². The van der Waals surface area contributed by atoms with Crippen molar-refractivity contribution in [2.45, 2.75) is 24.9 Å². The maximum atomic E-state index is 12.6. The average molecular weight is 376 g/mol. The smallest absolute Gasteiger partial charge is 0.223 e. The number of nitrogens with zero attached hydrogens (tertiary/aromatic N) is 3. The first-order valence-corrected chi connectivity index (χ1v) is 9.36. The van der Waals surface area contributed by atoms with Crippen molar-refractivity contribution >= 4 is 17.5 Å². The summed E-state index contributed by atoms with van der Waals surface area (Å²) in [6.45, 7) is 3.70. The Kier molecular flexibility index (Phi) is 5.24. The number of aryl methyl sites for hydroxylation is 1. The SMILES string of the molecule is O=C(CCc1cc(Cl)no1)N1CCN2[C@@H](COC[C@@H]2c2ccccc2)C1. The number of morpholine rings is 1. The Labute approximate surface area is 157 Å². The maximum absolute atomic E-state index is 12.6. The molecule has 2 fully saturated rings. The topological polar surface area (TPSA) is 58.8 Å². The number of carbonyl (C=O) groups is 1. The largest absolute Gasteiger partial charge is 0.378 e. The highest BCUT2D eigenvalue weighted by molar-refractivity contribution is 6.29. The number of ether oxygens (including phenoxy) is 1. The molecule has 1 amide bonds. The molecule has 1 aromatic carbocycles. The standard InChI is InChI=1S/C19H22ClN3O3/c20-18-10-16(26-21-18)6-7-19(24)22-8-9-23-15(11-22)12-25-13-17(23)14-4-2-1-3-5-14/h1-5,10,15,17H,6-9,11-13H2/t15-,17-/m1/s1. The molecule has 0 unspecified atom stereocenters. The van der Waals surface area contributed by atoms with E-state index >= 15 is 0 Å². The highest BCUT2D eigenvalue weighted by Crippen LogP contribution is 2.29. The predicted molar refractivity (Wildman–Crippen MR) is 96.9 cm³/mol. The van der Waals surface area contributed by atoms with Gasteiger partial charge in [0.25, 0.3) is 0 Å². The molecular formula is C19H22ClN3O3. The van der Waals surface area contributed by atoms with Crippen LogP contribution in [0.3, 0.4) is 0 Å². The predicted octanol–water partition coefficient (Wildman–Crippen LogP) is 2.54. The van der Waals surface area contributed by atoms with Gasteiger partial charge in [-0.15, -0.1) is 0 Å². The lowest BCUT2D eigenvalue weighted by Crippen LogP contribution is -2.60. The molecule has 6 nitrogen and oxygen atoms in total. The molecule has 0 bridgehead atoms. The third kappa shape index (κ3) is 3.77. The molecule has 2 aliphatic heterocycles. The molecule has 2 saturated heterocycles. The number of carbonyl (C=O) groups excluding carboxylic acids is 1. The van der Waals surface area contributed by atoms with E-state index in [-0.39, 0.29) is 18.0 Å².